The molecule has 0 aromatic heterocycles. The number of rotatable bonds is 6. The lowest BCUT2D eigenvalue weighted by Crippen LogP contribution is -2.46. The molecule has 0 radical (unpaired) electrons. The minimum atomic E-state index is -0.561. The van der Waals surface area contributed by atoms with Gasteiger partial charge in [-0.1, -0.05) is 0 Å². The third kappa shape index (κ3) is 4.89. The molecule has 0 unspecified atom stereocenters. The van der Waals surface area contributed by atoms with Gasteiger partial charge in [-0.15, -0.1) is 0 Å². The van der Waals surface area contributed by atoms with Gasteiger partial charge in [0, 0.05) is 27.1 Å². The lowest BCUT2D eigenvalue weighted by Gasteiger charge is -2.41. The molecule has 1 rings (SSSR count). The Morgan fingerprint density at radius 1 is 1.24 bits per heavy atom. The highest BCUT2D eigenvalue weighted by Gasteiger charge is 2.36. The molecule has 0 amide bonds. The summed E-state index contributed by atoms with van der Waals surface area (Å²) in [5.41, 5.74) is 5.58. The number of nitrogens with two attached hydrogens (primary N) is 1. The third-order valence-corrected chi connectivity index (χ3v) is 2.90. The van der Waals surface area contributed by atoms with Crippen molar-refractivity contribution < 1.29 is 18.9 Å². The predicted octanol–water partition coefficient (Wildman–Crippen LogP) is 1.25. The molecule has 0 saturated carbocycles. The second-order valence-electron chi connectivity index (χ2n) is 4.83. The van der Waals surface area contributed by atoms with Crippen LogP contribution in [0.3, 0.4) is 0 Å². The van der Waals surface area contributed by atoms with E-state index >= 15 is 0 Å². The highest BCUT2D eigenvalue weighted by atomic mass is 16.7. The van der Waals surface area contributed by atoms with Crippen LogP contribution in [0.2, 0.25) is 0 Å². The Hall–Kier alpha value is -0.200. The topological polar surface area (TPSA) is 62.9 Å². The fourth-order valence-electron chi connectivity index (χ4n) is 2.23. The van der Waals surface area contributed by atoms with E-state index < -0.39 is 5.79 Å². The standard InChI is InChI=1S/C12H25NO4/c1-12(2)16-9(5-6-13)7-10(17-12)8-11(14-3)15-4/h9-11H,5-8,13H2,1-4H3/t9-,10-/m1/s1. The first-order valence-electron chi connectivity index (χ1n) is 6.12. The smallest absolute Gasteiger partial charge is 0.163 e. The molecule has 2 N–H and O–H groups in total. The van der Waals surface area contributed by atoms with E-state index in [1.54, 1.807) is 14.2 Å². The maximum atomic E-state index is 5.86. The van der Waals surface area contributed by atoms with E-state index in [4.69, 9.17) is 24.7 Å². The van der Waals surface area contributed by atoms with Crippen LogP contribution in [0.5, 0.6) is 0 Å². The summed E-state index contributed by atoms with van der Waals surface area (Å²) in [6.07, 6.45) is 2.41. The van der Waals surface area contributed by atoms with E-state index in [2.05, 4.69) is 0 Å². The molecule has 102 valence electrons. The summed E-state index contributed by atoms with van der Waals surface area (Å²) in [5, 5.41) is 0. The first-order chi connectivity index (χ1) is 8.00. The van der Waals surface area contributed by atoms with E-state index in [1.165, 1.54) is 0 Å². The molecule has 0 aromatic rings. The van der Waals surface area contributed by atoms with Crippen molar-refractivity contribution in [2.75, 3.05) is 20.8 Å². The molecule has 0 aromatic carbocycles. The normalized spacial score (nSPS) is 28.6. The predicted molar refractivity (Wildman–Crippen MR) is 64.5 cm³/mol. The highest BCUT2D eigenvalue weighted by Crippen LogP contribution is 2.30. The van der Waals surface area contributed by atoms with Crippen molar-refractivity contribution >= 4 is 0 Å². The van der Waals surface area contributed by atoms with Gasteiger partial charge in [-0.2, -0.15) is 0 Å². The van der Waals surface area contributed by atoms with Crippen molar-refractivity contribution in [3.05, 3.63) is 0 Å². The molecule has 1 fully saturated rings. The monoisotopic (exact) mass is 247 g/mol. The molecule has 0 bridgehead atoms. The molecule has 1 saturated heterocycles. The summed E-state index contributed by atoms with van der Waals surface area (Å²) in [7, 11) is 3.27. The minimum absolute atomic E-state index is 0.0835. The van der Waals surface area contributed by atoms with Crippen molar-refractivity contribution in [3.8, 4) is 0 Å². The molecule has 0 spiro atoms. The van der Waals surface area contributed by atoms with E-state index in [9.17, 15) is 0 Å². The first-order valence-corrected chi connectivity index (χ1v) is 6.12. The van der Waals surface area contributed by atoms with Gasteiger partial charge in [-0.3, -0.25) is 0 Å². The molecule has 5 heteroatoms. The molecule has 0 aliphatic carbocycles. The van der Waals surface area contributed by atoms with Crippen LogP contribution in [0.1, 0.15) is 33.1 Å². The van der Waals surface area contributed by atoms with Gasteiger partial charge in [0.2, 0.25) is 0 Å². The fraction of sp³-hybridized carbons (Fsp3) is 1.00. The van der Waals surface area contributed by atoms with Crippen molar-refractivity contribution in [1.82, 2.24) is 0 Å². The zero-order valence-electron chi connectivity index (χ0n) is 11.3. The zero-order chi connectivity index (χ0) is 12.9. The molecule has 5 nitrogen and oxygen atoms in total. The van der Waals surface area contributed by atoms with E-state index in [0.29, 0.717) is 13.0 Å². The van der Waals surface area contributed by atoms with Gasteiger partial charge in [0.05, 0.1) is 12.2 Å². The molecule has 1 aliphatic heterocycles. The average molecular weight is 247 g/mol. The summed E-state index contributed by atoms with van der Waals surface area (Å²) >= 11 is 0. The molecule has 2 atom stereocenters. The molecular formula is C12H25NO4. The van der Waals surface area contributed by atoms with Crippen LogP contribution in [0.15, 0.2) is 0 Å². The summed E-state index contributed by atoms with van der Waals surface area (Å²) < 4.78 is 22.1. The van der Waals surface area contributed by atoms with Gasteiger partial charge in [0.25, 0.3) is 0 Å². The van der Waals surface area contributed by atoms with Gasteiger partial charge >= 0.3 is 0 Å². The fourth-order valence-corrected chi connectivity index (χ4v) is 2.23. The number of ether oxygens (including phenoxy) is 4. The van der Waals surface area contributed by atoms with Crippen molar-refractivity contribution in [1.29, 1.82) is 0 Å². The van der Waals surface area contributed by atoms with Crippen LogP contribution in [0, 0.1) is 0 Å². The lowest BCUT2D eigenvalue weighted by molar-refractivity contribution is -0.308. The summed E-state index contributed by atoms with van der Waals surface area (Å²) in [6, 6.07) is 0. The maximum Gasteiger partial charge on any atom is 0.163 e. The average Bonchev–Trinajstić information content (AvgIpc) is 2.24. The molecule has 1 heterocycles. The van der Waals surface area contributed by atoms with Crippen molar-refractivity contribution in [2.45, 2.75) is 57.4 Å². The van der Waals surface area contributed by atoms with Gasteiger partial charge in [-0.25, -0.2) is 0 Å². The van der Waals surface area contributed by atoms with Crippen LogP contribution in [0.4, 0.5) is 0 Å². The van der Waals surface area contributed by atoms with Crippen LogP contribution in [-0.4, -0.2) is 45.0 Å². The second kappa shape index (κ2) is 6.66. The van der Waals surface area contributed by atoms with E-state index in [-0.39, 0.29) is 18.5 Å². The Labute approximate surface area is 104 Å². The van der Waals surface area contributed by atoms with E-state index in [1.807, 2.05) is 13.8 Å². The van der Waals surface area contributed by atoms with Crippen LogP contribution in [0.25, 0.3) is 0 Å². The van der Waals surface area contributed by atoms with E-state index in [0.717, 1.165) is 12.8 Å². The lowest BCUT2D eigenvalue weighted by atomic mass is 10.0. The maximum absolute atomic E-state index is 5.86. The highest BCUT2D eigenvalue weighted by molar-refractivity contribution is 4.77. The van der Waals surface area contributed by atoms with Crippen LogP contribution >= 0.6 is 0 Å². The second-order valence-corrected chi connectivity index (χ2v) is 4.83. The molecule has 17 heavy (non-hydrogen) atoms. The van der Waals surface area contributed by atoms with Gasteiger partial charge in [0.15, 0.2) is 12.1 Å². The largest absolute Gasteiger partial charge is 0.356 e. The zero-order valence-corrected chi connectivity index (χ0v) is 11.3. The van der Waals surface area contributed by atoms with Crippen molar-refractivity contribution in [3.63, 3.8) is 0 Å². The molecule has 1 aliphatic rings. The number of methoxy groups -OCH3 is 2. The third-order valence-electron chi connectivity index (χ3n) is 2.90. The number of hydrogen-bond donors (Lipinski definition) is 1. The summed E-state index contributed by atoms with van der Waals surface area (Å²) in [6.45, 7) is 4.49. The summed E-state index contributed by atoms with van der Waals surface area (Å²) in [4.78, 5) is 0. The Morgan fingerprint density at radius 3 is 2.35 bits per heavy atom. The number of hydrogen-bond acceptors (Lipinski definition) is 5. The SMILES string of the molecule is COC(C[C@H]1C[C@@H](CCN)OC(C)(C)O1)OC. The Kier molecular flexibility index (Phi) is 5.82. The van der Waals surface area contributed by atoms with Crippen molar-refractivity contribution in [2.24, 2.45) is 5.73 Å². The first kappa shape index (κ1) is 14.9. The Morgan fingerprint density at radius 2 is 1.82 bits per heavy atom. The van der Waals surface area contributed by atoms with Gasteiger partial charge in [0.1, 0.15) is 0 Å². The van der Waals surface area contributed by atoms with Gasteiger partial charge < -0.3 is 24.7 Å². The molecular weight excluding hydrogens is 222 g/mol. The Bertz CT molecular complexity index is 219. The quantitative estimate of drug-likeness (QED) is 0.716. The van der Waals surface area contributed by atoms with Crippen LogP contribution in [-0.2, 0) is 18.9 Å². The van der Waals surface area contributed by atoms with Gasteiger partial charge in [-0.05, 0) is 26.8 Å². The summed E-state index contributed by atoms with van der Waals surface area (Å²) in [5.74, 6) is -0.561. The minimum Gasteiger partial charge on any atom is -0.356 e. The van der Waals surface area contributed by atoms with Crippen LogP contribution < -0.4 is 5.73 Å². The Balaban J connectivity index is 2.53.